The summed E-state index contributed by atoms with van der Waals surface area (Å²) in [5, 5.41) is 3.18. The normalized spacial score (nSPS) is 16.0. The van der Waals surface area contributed by atoms with E-state index in [1.54, 1.807) is 12.4 Å². The van der Waals surface area contributed by atoms with Crippen molar-refractivity contribution in [1.29, 1.82) is 0 Å². The summed E-state index contributed by atoms with van der Waals surface area (Å²) in [4.78, 5) is 24.9. The van der Waals surface area contributed by atoms with Gasteiger partial charge >= 0.3 is 0 Å². The molecule has 0 aliphatic carbocycles. The minimum Gasteiger partial charge on any atom is -0.354 e. The van der Waals surface area contributed by atoms with Gasteiger partial charge < -0.3 is 15.1 Å². The number of piperazine rings is 1. The van der Waals surface area contributed by atoms with Crippen LogP contribution in [0.1, 0.15) is 36.5 Å². The number of nitrogens with zero attached hydrogens (tertiary/aromatic N) is 4. The Bertz CT molecular complexity index is 440. The van der Waals surface area contributed by atoms with E-state index in [2.05, 4.69) is 34.2 Å². The number of nitrogens with one attached hydrogen (secondary N) is 1. The molecular weight excluding hydrogens is 266 g/mol. The number of amides is 1. The monoisotopic (exact) mass is 291 g/mol. The van der Waals surface area contributed by atoms with E-state index in [1.807, 2.05) is 4.90 Å². The van der Waals surface area contributed by atoms with E-state index in [-0.39, 0.29) is 5.91 Å². The molecule has 1 aliphatic heterocycles. The number of carbonyl (C=O) groups excluding carboxylic acids is 1. The third-order valence-electron chi connectivity index (χ3n) is 3.75. The molecule has 6 nitrogen and oxygen atoms in total. The highest BCUT2D eigenvalue weighted by Crippen LogP contribution is 2.08. The van der Waals surface area contributed by atoms with Gasteiger partial charge in [-0.25, -0.2) is 9.97 Å². The summed E-state index contributed by atoms with van der Waals surface area (Å²) in [6.07, 6.45) is 6.75. The molecule has 2 heterocycles. The van der Waals surface area contributed by atoms with Gasteiger partial charge in [0, 0.05) is 45.1 Å². The molecule has 2 rings (SSSR count). The number of rotatable bonds is 6. The van der Waals surface area contributed by atoms with E-state index in [1.165, 1.54) is 12.8 Å². The SMILES string of the molecule is CCCCCNc1ncc(C(=O)N2CCN(C)CC2)cn1. The Labute approximate surface area is 126 Å². The molecule has 21 heavy (non-hydrogen) atoms. The lowest BCUT2D eigenvalue weighted by Gasteiger charge is -2.32. The summed E-state index contributed by atoms with van der Waals surface area (Å²) in [7, 11) is 2.07. The summed E-state index contributed by atoms with van der Waals surface area (Å²) in [5.41, 5.74) is 0.568. The zero-order valence-electron chi connectivity index (χ0n) is 13.0. The third kappa shape index (κ3) is 4.67. The van der Waals surface area contributed by atoms with Gasteiger partial charge in [-0.2, -0.15) is 0 Å². The van der Waals surface area contributed by atoms with Crippen LogP contribution >= 0.6 is 0 Å². The van der Waals surface area contributed by atoms with Gasteiger partial charge in [-0.05, 0) is 13.5 Å². The summed E-state index contributed by atoms with van der Waals surface area (Å²) in [6.45, 7) is 6.43. The van der Waals surface area contributed by atoms with E-state index in [0.29, 0.717) is 11.5 Å². The number of carbonyl (C=O) groups is 1. The van der Waals surface area contributed by atoms with Crippen LogP contribution in [0.4, 0.5) is 5.95 Å². The molecule has 1 aliphatic rings. The van der Waals surface area contributed by atoms with Gasteiger partial charge in [0.05, 0.1) is 5.56 Å². The number of hydrogen-bond donors (Lipinski definition) is 1. The first-order chi connectivity index (χ1) is 10.2. The van der Waals surface area contributed by atoms with Crippen LogP contribution in [0.25, 0.3) is 0 Å². The maximum absolute atomic E-state index is 12.3. The molecule has 0 unspecified atom stereocenters. The zero-order chi connectivity index (χ0) is 15.1. The number of likely N-dealkylation sites (N-methyl/N-ethyl adjacent to an activating group) is 1. The molecule has 0 bridgehead atoms. The molecule has 0 spiro atoms. The van der Waals surface area contributed by atoms with Gasteiger partial charge in [0.2, 0.25) is 5.95 Å². The fourth-order valence-corrected chi connectivity index (χ4v) is 2.30. The van der Waals surface area contributed by atoms with Crippen molar-refractivity contribution in [2.24, 2.45) is 0 Å². The lowest BCUT2D eigenvalue weighted by atomic mass is 10.2. The Morgan fingerprint density at radius 1 is 1.19 bits per heavy atom. The van der Waals surface area contributed by atoms with Crippen molar-refractivity contribution in [2.45, 2.75) is 26.2 Å². The van der Waals surface area contributed by atoms with Gasteiger partial charge in [0.15, 0.2) is 0 Å². The van der Waals surface area contributed by atoms with Crippen LogP contribution in [-0.4, -0.2) is 65.4 Å². The van der Waals surface area contributed by atoms with E-state index >= 15 is 0 Å². The number of unbranched alkanes of at least 4 members (excludes halogenated alkanes) is 2. The molecule has 1 saturated heterocycles. The van der Waals surface area contributed by atoms with E-state index < -0.39 is 0 Å². The first-order valence-corrected chi connectivity index (χ1v) is 7.74. The predicted molar refractivity (Wildman–Crippen MR) is 83.4 cm³/mol. The molecular formula is C15H25N5O. The minimum atomic E-state index is 0.0284. The summed E-state index contributed by atoms with van der Waals surface area (Å²) in [5.74, 6) is 0.627. The molecule has 1 aromatic heterocycles. The van der Waals surface area contributed by atoms with Crippen molar-refractivity contribution in [1.82, 2.24) is 19.8 Å². The minimum absolute atomic E-state index is 0.0284. The van der Waals surface area contributed by atoms with Crippen molar-refractivity contribution in [3.63, 3.8) is 0 Å². The van der Waals surface area contributed by atoms with Gasteiger partial charge in [0.1, 0.15) is 0 Å². The van der Waals surface area contributed by atoms with Crippen molar-refractivity contribution in [2.75, 3.05) is 45.1 Å². The second kappa shape index (κ2) is 7.93. The Morgan fingerprint density at radius 2 is 1.86 bits per heavy atom. The number of hydrogen-bond acceptors (Lipinski definition) is 5. The largest absolute Gasteiger partial charge is 0.354 e. The quantitative estimate of drug-likeness (QED) is 0.804. The van der Waals surface area contributed by atoms with Gasteiger partial charge in [-0.3, -0.25) is 4.79 Å². The predicted octanol–water partition coefficient (Wildman–Crippen LogP) is 1.47. The van der Waals surface area contributed by atoms with E-state index in [0.717, 1.165) is 39.1 Å². The van der Waals surface area contributed by atoms with Crippen LogP contribution in [-0.2, 0) is 0 Å². The van der Waals surface area contributed by atoms with Crippen LogP contribution in [0.2, 0.25) is 0 Å². The third-order valence-corrected chi connectivity index (χ3v) is 3.75. The van der Waals surface area contributed by atoms with Crippen molar-refractivity contribution in [3.05, 3.63) is 18.0 Å². The molecule has 116 valence electrons. The van der Waals surface area contributed by atoms with Gasteiger partial charge in [-0.15, -0.1) is 0 Å². The summed E-state index contributed by atoms with van der Waals surface area (Å²) >= 11 is 0. The van der Waals surface area contributed by atoms with Gasteiger partial charge in [0.25, 0.3) is 5.91 Å². The Hall–Kier alpha value is -1.69. The lowest BCUT2D eigenvalue weighted by Crippen LogP contribution is -2.47. The maximum Gasteiger partial charge on any atom is 0.257 e. The van der Waals surface area contributed by atoms with Crippen LogP contribution in [0.15, 0.2) is 12.4 Å². The Balaban J connectivity index is 1.85. The average Bonchev–Trinajstić information content (AvgIpc) is 2.52. The van der Waals surface area contributed by atoms with Crippen molar-refractivity contribution < 1.29 is 4.79 Å². The Kier molecular flexibility index (Phi) is 5.92. The van der Waals surface area contributed by atoms with Crippen LogP contribution in [0.5, 0.6) is 0 Å². The highest BCUT2D eigenvalue weighted by molar-refractivity contribution is 5.93. The lowest BCUT2D eigenvalue weighted by molar-refractivity contribution is 0.0663. The molecule has 1 N–H and O–H groups in total. The molecule has 0 aromatic carbocycles. The van der Waals surface area contributed by atoms with Crippen molar-refractivity contribution in [3.8, 4) is 0 Å². The first-order valence-electron chi connectivity index (χ1n) is 7.74. The van der Waals surface area contributed by atoms with Crippen LogP contribution in [0, 0.1) is 0 Å². The second-order valence-corrected chi connectivity index (χ2v) is 5.52. The van der Waals surface area contributed by atoms with Gasteiger partial charge in [-0.1, -0.05) is 19.8 Å². The van der Waals surface area contributed by atoms with Crippen molar-refractivity contribution >= 4 is 11.9 Å². The summed E-state index contributed by atoms with van der Waals surface area (Å²) in [6, 6.07) is 0. The molecule has 1 aromatic rings. The number of aromatic nitrogens is 2. The molecule has 6 heteroatoms. The fraction of sp³-hybridized carbons (Fsp3) is 0.667. The molecule has 1 amide bonds. The topological polar surface area (TPSA) is 61.4 Å². The molecule has 0 radical (unpaired) electrons. The van der Waals surface area contributed by atoms with Crippen LogP contribution in [0.3, 0.4) is 0 Å². The van der Waals surface area contributed by atoms with Crippen LogP contribution < -0.4 is 5.32 Å². The average molecular weight is 291 g/mol. The summed E-state index contributed by atoms with van der Waals surface area (Å²) < 4.78 is 0. The molecule has 0 saturated carbocycles. The highest BCUT2D eigenvalue weighted by Gasteiger charge is 2.20. The highest BCUT2D eigenvalue weighted by atomic mass is 16.2. The Morgan fingerprint density at radius 3 is 2.48 bits per heavy atom. The maximum atomic E-state index is 12.3. The second-order valence-electron chi connectivity index (χ2n) is 5.52. The van der Waals surface area contributed by atoms with E-state index in [4.69, 9.17) is 0 Å². The first kappa shape index (κ1) is 15.7. The van der Waals surface area contributed by atoms with E-state index in [9.17, 15) is 4.79 Å². The number of anilines is 1. The fourth-order valence-electron chi connectivity index (χ4n) is 2.30. The smallest absolute Gasteiger partial charge is 0.257 e. The zero-order valence-corrected chi connectivity index (χ0v) is 13.0. The standard InChI is InChI=1S/C15H25N5O/c1-3-4-5-6-16-15-17-11-13(12-18-15)14(21)20-9-7-19(2)8-10-20/h11-12H,3-10H2,1-2H3,(H,16,17,18). The molecule has 1 fully saturated rings. The molecule has 0 atom stereocenters.